The van der Waals surface area contributed by atoms with Crippen LogP contribution in [0.25, 0.3) is 11.4 Å². The molecule has 3 aromatic rings. The molecule has 0 spiro atoms. The number of carbonyl (C=O) groups is 1. The summed E-state index contributed by atoms with van der Waals surface area (Å²) in [6, 6.07) is 4.72. The van der Waals surface area contributed by atoms with Crippen molar-refractivity contribution in [1.82, 2.24) is 25.2 Å². The third kappa shape index (κ3) is 3.14. The van der Waals surface area contributed by atoms with Gasteiger partial charge in [0.2, 0.25) is 5.82 Å². The number of carbonyl (C=O) groups excluding carboxylic acids is 1. The Balaban J connectivity index is 1.54. The van der Waals surface area contributed by atoms with E-state index in [2.05, 4.69) is 25.1 Å². The molecule has 2 aromatic heterocycles. The first-order valence-corrected chi connectivity index (χ1v) is 8.12. The minimum Gasteiger partial charge on any atom is -0.491 e. The molecule has 0 aliphatic carbocycles. The molecule has 1 aliphatic heterocycles. The Labute approximate surface area is 152 Å². The van der Waals surface area contributed by atoms with Crippen molar-refractivity contribution in [3.8, 4) is 17.1 Å². The molecule has 0 bridgehead atoms. The van der Waals surface area contributed by atoms with Crippen LogP contribution in [0.3, 0.4) is 0 Å². The molecule has 140 valence electrons. The number of hydrogen-bond donors (Lipinski definition) is 1. The number of benzene rings is 1. The number of rotatable bonds is 4. The molecule has 0 saturated heterocycles. The van der Waals surface area contributed by atoms with E-state index in [-0.39, 0.29) is 24.4 Å². The predicted molar refractivity (Wildman–Crippen MR) is 88.3 cm³/mol. The van der Waals surface area contributed by atoms with Crippen LogP contribution in [0.4, 0.5) is 8.78 Å². The second-order valence-electron chi connectivity index (χ2n) is 6.15. The van der Waals surface area contributed by atoms with E-state index in [1.54, 1.807) is 43.0 Å². The Morgan fingerprint density at radius 1 is 1.41 bits per heavy atom. The van der Waals surface area contributed by atoms with Crippen molar-refractivity contribution in [3.63, 3.8) is 0 Å². The van der Waals surface area contributed by atoms with Gasteiger partial charge in [-0.2, -0.15) is 18.9 Å². The molecule has 1 atom stereocenters. The molecule has 1 aromatic carbocycles. The second-order valence-corrected chi connectivity index (χ2v) is 6.15. The zero-order valence-corrected chi connectivity index (χ0v) is 14.4. The number of halogens is 2. The number of ether oxygens (including phenoxy) is 1. The van der Waals surface area contributed by atoms with E-state index in [0.29, 0.717) is 22.6 Å². The Kier molecular flexibility index (Phi) is 4.09. The molecule has 10 heteroatoms. The van der Waals surface area contributed by atoms with Gasteiger partial charge in [0.15, 0.2) is 0 Å². The van der Waals surface area contributed by atoms with Crippen LogP contribution in [0.2, 0.25) is 0 Å². The first-order valence-electron chi connectivity index (χ1n) is 8.12. The summed E-state index contributed by atoms with van der Waals surface area (Å²) in [4.78, 5) is 16.1. The van der Waals surface area contributed by atoms with E-state index in [4.69, 9.17) is 4.74 Å². The lowest BCUT2D eigenvalue weighted by Crippen LogP contribution is -2.29. The largest absolute Gasteiger partial charge is 0.491 e. The lowest BCUT2D eigenvalue weighted by atomic mass is 10.1. The summed E-state index contributed by atoms with van der Waals surface area (Å²) in [7, 11) is 1.75. The van der Waals surface area contributed by atoms with Gasteiger partial charge in [-0.3, -0.25) is 9.48 Å². The molecule has 1 N–H and O–H groups in total. The number of alkyl halides is 2. The number of fused-ring (bicyclic) bond motifs is 1. The van der Waals surface area contributed by atoms with Crippen molar-refractivity contribution < 1.29 is 22.8 Å². The lowest BCUT2D eigenvalue weighted by molar-refractivity contribution is 0.0929. The fraction of sp³-hybridized carbons (Fsp3) is 0.294. The van der Waals surface area contributed by atoms with Crippen molar-refractivity contribution in [1.29, 1.82) is 0 Å². The molecule has 4 rings (SSSR count). The highest BCUT2D eigenvalue weighted by Gasteiger charge is 2.28. The maximum atomic E-state index is 12.6. The topological polar surface area (TPSA) is 95.1 Å². The summed E-state index contributed by atoms with van der Waals surface area (Å²) in [5.74, 6) is -0.395. The number of aromatic nitrogens is 4. The van der Waals surface area contributed by atoms with Gasteiger partial charge in [0.05, 0.1) is 17.3 Å². The maximum absolute atomic E-state index is 12.6. The molecule has 1 aliphatic rings. The van der Waals surface area contributed by atoms with Gasteiger partial charge in [0.25, 0.3) is 11.8 Å². The second kappa shape index (κ2) is 6.45. The monoisotopic (exact) mass is 375 g/mol. The molecule has 3 heterocycles. The van der Waals surface area contributed by atoms with E-state index in [1.807, 2.05) is 0 Å². The normalized spacial score (nSPS) is 15.7. The quantitative estimate of drug-likeness (QED) is 0.753. The van der Waals surface area contributed by atoms with Crippen LogP contribution in [-0.4, -0.2) is 32.4 Å². The van der Waals surface area contributed by atoms with Gasteiger partial charge in [0.1, 0.15) is 12.4 Å². The summed E-state index contributed by atoms with van der Waals surface area (Å²) >= 11 is 0. The highest BCUT2D eigenvalue weighted by atomic mass is 19.3. The first kappa shape index (κ1) is 17.1. The van der Waals surface area contributed by atoms with Crippen LogP contribution < -0.4 is 10.1 Å². The number of amides is 1. The molecule has 0 radical (unpaired) electrons. The third-order valence-electron chi connectivity index (χ3n) is 4.24. The van der Waals surface area contributed by atoms with Crippen LogP contribution in [0.1, 0.15) is 40.0 Å². The van der Waals surface area contributed by atoms with Gasteiger partial charge < -0.3 is 14.6 Å². The fourth-order valence-corrected chi connectivity index (χ4v) is 2.97. The molecular formula is C17H15F2N5O3. The lowest BCUT2D eigenvalue weighted by Gasteiger charge is -2.11. The van der Waals surface area contributed by atoms with Gasteiger partial charge in [-0.1, -0.05) is 17.3 Å². The molecular weight excluding hydrogens is 360 g/mol. The zero-order valence-electron chi connectivity index (χ0n) is 14.4. The number of aryl methyl sites for hydroxylation is 2. The molecule has 8 nitrogen and oxygen atoms in total. The van der Waals surface area contributed by atoms with Crippen LogP contribution in [0.5, 0.6) is 5.75 Å². The smallest absolute Gasteiger partial charge is 0.315 e. The van der Waals surface area contributed by atoms with Gasteiger partial charge in [0, 0.05) is 24.4 Å². The number of nitrogens with one attached hydrogen (secondary N) is 1. The van der Waals surface area contributed by atoms with Gasteiger partial charge >= 0.3 is 6.43 Å². The highest BCUT2D eigenvalue weighted by molar-refractivity contribution is 5.95. The molecule has 27 heavy (non-hydrogen) atoms. The van der Waals surface area contributed by atoms with Crippen LogP contribution in [-0.2, 0) is 7.05 Å². The zero-order chi connectivity index (χ0) is 19.1. The van der Waals surface area contributed by atoms with Gasteiger partial charge in [-0.05, 0) is 13.0 Å². The first-order chi connectivity index (χ1) is 12.9. The average molecular weight is 375 g/mol. The fourth-order valence-electron chi connectivity index (χ4n) is 2.97. The Morgan fingerprint density at radius 3 is 2.89 bits per heavy atom. The highest BCUT2D eigenvalue weighted by Crippen LogP contribution is 2.35. The summed E-state index contributed by atoms with van der Waals surface area (Å²) in [5.41, 5.74) is 2.40. The van der Waals surface area contributed by atoms with E-state index in [9.17, 15) is 13.6 Å². The van der Waals surface area contributed by atoms with E-state index >= 15 is 0 Å². The van der Waals surface area contributed by atoms with Gasteiger partial charge in [-0.25, -0.2) is 0 Å². The molecule has 1 unspecified atom stereocenters. The van der Waals surface area contributed by atoms with Crippen LogP contribution >= 0.6 is 0 Å². The number of hydrogen-bond acceptors (Lipinski definition) is 6. The SMILES string of the molecule is Cc1nn(C)cc1C(=O)NC1COc2cc(-c3noc(C(F)F)n3)ccc21. The Hall–Kier alpha value is -3.30. The summed E-state index contributed by atoms with van der Waals surface area (Å²) in [6.45, 7) is 2.03. The maximum Gasteiger partial charge on any atom is 0.315 e. The van der Waals surface area contributed by atoms with Crippen molar-refractivity contribution >= 4 is 5.91 Å². The molecule has 1 amide bonds. The Bertz CT molecular complexity index is 1010. The van der Waals surface area contributed by atoms with E-state index in [0.717, 1.165) is 5.56 Å². The van der Waals surface area contributed by atoms with E-state index in [1.165, 1.54) is 0 Å². The van der Waals surface area contributed by atoms with Crippen LogP contribution in [0, 0.1) is 6.92 Å². The number of nitrogens with zero attached hydrogens (tertiary/aromatic N) is 4. The summed E-state index contributed by atoms with van der Waals surface area (Å²) in [5, 5.41) is 10.6. The van der Waals surface area contributed by atoms with Crippen molar-refractivity contribution in [2.75, 3.05) is 6.61 Å². The third-order valence-corrected chi connectivity index (χ3v) is 4.24. The van der Waals surface area contributed by atoms with Crippen molar-refractivity contribution in [2.24, 2.45) is 7.05 Å². The standard InChI is InChI=1S/C17H15F2N5O3/c1-8-11(6-24(2)22-8)16(25)20-12-7-26-13-5-9(3-4-10(12)13)15-21-17(14(18)19)27-23-15/h3-6,12,14H,7H2,1-2H3,(H,20,25). The average Bonchev–Trinajstić information content (AvgIpc) is 3.33. The minimum absolute atomic E-state index is 0.0511. The van der Waals surface area contributed by atoms with Crippen LogP contribution in [0.15, 0.2) is 28.9 Å². The summed E-state index contributed by atoms with van der Waals surface area (Å²) < 4.78 is 36.9. The predicted octanol–water partition coefficient (Wildman–Crippen LogP) is 2.58. The minimum atomic E-state index is -2.83. The molecule has 0 saturated carbocycles. The Morgan fingerprint density at radius 2 is 2.22 bits per heavy atom. The van der Waals surface area contributed by atoms with E-state index < -0.39 is 12.3 Å². The van der Waals surface area contributed by atoms with Crippen molar-refractivity contribution in [2.45, 2.75) is 19.4 Å². The molecule has 0 fully saturated rings. The van der Waals surface area contributed by atoms with Gasteiger partial charge in [-0.15, -0.1) is 0 Å². The summed E-state index contributed by atoms with van der Waals surface area (Å²) in [6.07, 6.45) is -1.17. The van der Waals surface area contributed by atoms with Crippen molar-refractivity contribution in [3.05, 3.63) is 47.1 Å².